The molecule has 0 spiro atoms. The number of aromatic nitrogens is 2. The van der Waals surface area contributed by atoms with E-state index in [9.17, 15) is 4.79 Å². The first kappa shape index (κ1) is 16.5. The second-order valence-corrected chi connectivity index (χ2v) is 6.98. The van der Waals surface area contributed by atoms with Gasteiger partial charge in [0.1, 0.15) is 10.7 Å². The molecule has 0 N–H and O–H groups in total. The molecule has 6 heteroatoms. The highest BCUT2D eigenvalue weighted by Crippen LogP contribution is 2.20. The van der Waals surface area contributed by atoms with E-state index in [2.05, 4.69) is 9.97 Å². The molecule has 0 saturated carbocycles. The number of rotatable bonds is 5. The number of carbonyl (C=O) groups excluding carboxylic acids is 1. The molecule has 24 heavy (non-hydrogen) atoms. The normalized spacial score (nSPS) is 11.2. The van der Waals surface area contributed by atoms with E-state index in [1.807, 2.05) is 61.9 Å². The van der Waals surface area contributed by atoms with E-state index in [0.29, 0.717) is 12.2 Å². The van der Waals surface area contributed by atoms with Gasteiger partial charge in [-0.3, -0.25) is 9.78 Å². The van der Waals surface area contributed by atoms with Crippen LogP contribution in [0.4, 0.5) is 0 Å². The average Bonchev–Trinajstić information content (AvgIpc) is 3.02. The summed E-state index contributed by atoms with van der Waals surface area (Å²) in [6.45, 7) is 1.29. The molecule has 0 aliphatic carbocycles. The van der Waals surface area contributed by atoms with Gasteiger partial charge in [0, 0.05) is 43.3 Å². The van der Waals surface area contributed by atoms with Crippen molar-refractivity contribution in [2.75, 3.05) is 21.1 Å². The lowest BCUT2D eigenvalue weighted by Crippen LogP contribution is -2.26. The molecular formula is C18H20N4OS. The Morgan fingerprint density at radius 1 is 1.17 bits per heavy atom. The first-order valence-corrected chi connectivity index (χ1v) is 8.59. The van der Waals surface area contributed by atoms with Crippen LogP contribution in [0.1, 0.15) is 21.1 Å². The predicted octanol–water partition coefficient (Wildman–Crippen LogP) is 3.03. The Kier molecular flexibility index (Phi) is 4.87. The highest BCUT2D eigenvalue weighted by atomic mass is 32.1. The van der Waals surface area contributed by atoms with Crippen LogP contribution in [0.3, 0.4) is 0 Å². The Bertz CT molecular complexity index is 854. The molecule has 0 radical (unpaired) electrons. The van der Waals surface area contributed by atoms with E-state index in [4.69, 9.17) is 0 Å². The predicted molar refractivity (Wildman–Crippen MR) is 97.0 cm³/mol. The van der Waals surface area contributed by atoms with Gasteiger partial charge in [-0.15, -0.1) is 11.3 Å². The van der Waals surface area contributed by atoms with Crippen LogP contribution in [0.15, 0.2) is 42.0 Å². The topological polar surface area (TPSA) is 49.3 Å². The number of hydrogen-bond acceptors (Lipinski definition) is 5. The Labute approximate surface area is 145 Å². The summed E-state index contributed by atoms with van der Waals surface area (Å²) in [6, 6.07) is 8.06. The summed E-state index contributed by atoms with van der Waals surface area (Å²) < 4.78 is 0. The first-order valence-electron chi connectivity index (χ1n) is 7.71. The van der Waals surface area contributed by atoms with Gasteiger partial charge < -0.3 is 9.80 Å². The number of benzene rings is 1. The van der Waals surface area contributed by atoms with Gasteiger partial charge in [0.15, 0.2) is 0 Å². The maximum Gasteiger partial charge on any atom is 0.273 e. The third-order valence-corrected chi connectivity index (χ3v) is 4.58. The Hall–Kier alpha value is -2.31. The molecule has 1 aromatic carbocycles. The van der Waals surface area contributed by atoms with Crippen LogP contribution in [-0.4, -0.2) is 46.8 Å². The van der Waals surface area contributed by atoms with E-state index in [1.165, 1.54) is 11.3 Å². The monoisotopic (exact) mass is 340 g/mol. The summed E-state index contributed by atoms with van der Waals surface area (Å²) in [5, 5.41) is 4.99. The first-order chi connectivity index (χ1) is 11.5. The maximum atomic E-state index is 12.6. The van der Waals surface area contributed by atoms with Crippen LogP contribution in [0.2, 0.25) is 0 Å². The van der Waals surface area contributed by atoms with Gasteiger partial charge in [-0.25, -0.2) is 4.98 Å². The van der Waals surface area contributed by atoms with Crippen molar-refractivity contribution in [1.29, 1.82) is 0 Å². The van der Waals surface area contributed by atoms with Gasteiger partial charge in [-0.05, 0) is 31.1 Å². The fraction of sp³-hybridized carbons (Fsp3) is 0.278. The zero-order valence-corrected chi connectivity index (χ0v) is 14.9. The largest absolute Gasteiger partial charge is 0.336 e. The van der Waals surface area contributed by atoms with Crippen molar-refractivity contribution in [1.82, 2.24) is 19.8 Å². The van der Waals surface area contributed by atoms with E-state index >= 15 is 0 Å². The van der Waals surface area contributed by atoms with Crippen molar-refractivity contribution in [3.8, 4) is 0 Å². The van der Waals surface area contributed by atoms with E-state index < -0.39 is 0 Å². The maximum absolute atomic E-state index is 12.6. The Morgan fingerprint density at radius 2 is 2.00 bits per heavy atom. The Balaban J connectivity index is 1.77. The fourth-order valence-corrected chi connectivity index (χ4v) is 3.49. The molecule has 124 valence electrons. The summed E-state index contributed by atoms with van der Waals surface area (Å²) >= 11 is 1.52. The fourth-order valence-electron chi connectivity index (χ4n) is 2.60. The zero-order chi connectivity index (χ0) is 17.1. The molecule has 3 aromatic rings. The molecule has 1 amide bonds. The minimum absolute atomic E-state index is 0.0534. The minimum atomic E-state index is -0.0534. The van der Waals surface area contributed by atoms with Gasteiger partial charge in [0.25, 0.3) is 5.91 Å². The quantitative estimate of drug-likeness (QED) is 0.716. The van der Waals surface area contributed by atoms with Crippen molar-refractivity contribution in [3.05, 3.63) is 58.3 Å². The molecule has 0 atom stereocenters. The van der Waals surface area contributed by atoms with Gasteiger partial charge in [-0.2, -0.15) is 0 Å². The third-order valence-electron chi connectivity index (χ3n) is 3.75. The molecule has 0 aliphatic rings. The zero-order valence-electron chi connectivity index (χ0n) is 14.1. The summed E-state index contributed by atoms with van der Waals surface area (Å²) in [7, 11) is 5.79. The lowest BCUT2D eigenvalue weighted by Gasteiger charge is -2.17. The highest BCUT2D eigenvalue weighted by molar-refractivity contribution is 7.09. The number of thiazole rings is 1. The summed E-state index contributed by atoms with van der Waals surface area (Å²) in [6.07, 6.45) is 3.62. The lowest BCUT2D eigenvalue weighted by atomic mass is 10.1. The minimum Gasteiger partial charge on any atom is -0.336 e. The molecular weight excluding hydrogens is 320 g/mol. The standard InChI is InChI=1S/C18H20N4OS/c1-21(2)11-17-20-16(12-24-17)18(23)22(3)10-14-6-4-5-13-9-19-8-7-15(13)14/h4-9,12H,10-11H2,1-3H3. The van der Waals surface area contributed by atoms with Crippen LogP contribution in [0.5, 0.6) is 0 Å². The van der Waals surface area contributed by atoms with Crippen LogP contribution >= 0.6 is 11.3 Å². The van der Waals surface area contributed by atoms with Crippen molar-refractivity contribution >= 4 is 28.0 Å². The molecule has 0 unspecified atom stereocenters. The third kappa shape index (κ3) is 3.60. The van der Waals surface area contributed by atoms with Gasteiger partial charge >= 0.3 is 0 Å². The summed E-state index contributed by atoms with van der Waals surface area (Å²) in [4.78, 5) is 25.0. The molecule has 3 rings (SSSR count). The van der Waals surface area contributed by atoms with Crippen molar-refractivity contribution in [2.45, 2.75) is 13.1 Å². The van der Waals surface area contributed by atoms with Crippen LogP contribution in [0.25, 0.3) is 10.8 Å². The highest BCUT2D eigenvalue weighted by Gasteiger charge is 2.16. The summed E-state index contributed by atoms with van der Waals surface area (Å²) in [5.74, 6) is -0.0534. The smallest absolute Gasteiger partial charge is 0.273 e. The molecule has 0 bridgehead atoms. The molecule has 0 fully saturated rings. The van der Waals surface area contributed by atoms with Crippen LogP contribution in [0, 0.1) is 0 Å². The second-order valence-electron chi connectivity index (χ2n) is 6.04. The lowest BCUT2D eigenvalue weighted by molar-refractivity contribution is 0.0780. The SMILES string of the molecule is CN(C)Cc1nc(C(=O)N(C)Cc2cccc3cnccc23)cs1. The van der Waals surface area contributed by atoms with Crippen molar-refractivity contribution < 1.29 is 4.79 Å². The second kappa shape index (κ2) is 7.07. The average molecular weight is 340 g/mol. The number of pyridine rings is 1. The van der Waals surface area contributed by atoms with E-state index in [-0.39, 0.29) is 5.91 Å². The van der Waals surface area contributed by atoms with Crippen LogP contribution in [-0.2, 0) is 13.1 Å². The van der Waals surface area contributed by atoms with Crippen molar-refractivity contribution in [2.24, 2.45) is 0 Å². The number of amides is 1. The van der Waals surface area contributed by atoms with E-state index in [1.54, 1.807) is 11.1 Å². The molecule has 2 heterocycles. The molecule has 0 aliphatic heterocycles. The Morgan fingerprint density at radius 3 is 2.79 bits per heavy atom. The van der Waals surface area contributed by atoms with Gasteiger partial charge in [0.05, 0.1) is 0 Å². The van der Waals surface area contributed by atoms with E-state index in [0.717, 1.165) is 27.9 Å². The van der Waals surface area contributed by atoms with Crippen molar-refractivity contribution in [3.63, 3.8) is 0 Å². The number of hydrogen-bond donors (Lipinski definition) is 0. The molecule has 5 nitrogen and oxygen atoms in total. The number of carbonyl (C=O) groups is 1. The molecule has 2 aromatic heterocycles. The van der Waals surface area contributed by atoms with Crippen LogP contribution < -0.4 is 0 Å². The summed E-state index contributed by atoms with van der Waals surface area (Å²) in [5.41, 5.74) is 1.62. The van der Waals surface area contributed by atoms with Gasteiger partial charge in [0.2, 0.25) is 0 Å². The van der Waals surface area contributed by atoms with Gasteiger partial charge in [-0.1, -0.05) is 18.2 Å². The molecule has 0 saturated heterocycles. The number of fused-ring (bicyclic) bond motifs is 1. The number of nitrogens with zero attached hydrogens (tertiary/aromatic N) is 4.